The number of ether oxygens (including phenoxy) is 1. The van der Waals surface area contributed by atoms with Crippen LogP contribution in [0.1, 0.15) is 35.3 Å². The van der Waals surface area contributed by atoms with E-state index in [2.05, 4.69) is 11.8 Å². The Morgan fingerprint density at radius 3 is 2.78 bits per heavy atom. The summed E-state index contributed by atoms with van der Waals surface area (Å²) in [6.07, 6.45) is 0.913. The molecule has 0 saturated heterocycles. The van der Waals surface area contributed by atoms with Crippen molar-refractivity contribution in [3.63, 3.8) is 0 Å². The van der Waals surface area contributed by atoms with E-state index in [9.17, 15) is 9.90 Å². The third kappa shape index (κ3) is 2.48. The van der Waals surface area contributed by atoms with Gasteiger partial charge in [0.2, 0.25) is 0 Å². The Labute approximate surface area is 107 Å². The molecule has 0 atom stereocenters. The van der Waals surface area contributed by atoms with E-state index in [4.69, 9.17) is 4.74 Å². The third-order valence-electron chi connectivity index (χ3n) is 3.37. The summed E-state index contributed by atoms with van der Waals surface area (Å²) in [7, 11) is 0. The van der Waals surface area contributed by atoms with Crippen LogP contribution < -0.4 is 4.74 Å². The van der Waals surface area contributed by atoms with Gasteiger partial charge in [-0.2, -0.15) is 0 Å². The van der Waals surface area contributed by atoms with Crippen LogP contribution in [0, 0.1) is 0 Å². The van der Waals surface area contributed by atoms with Crippen LogP contribution in [0.2, 0.25) is 0 Å². The second-order valence-corrected chi connectivity index (χ2v) is 4.47. The average Bonchev–Trinajstić information content (AvgIpc) is 2.37. The van der Waals surface area contributed by atoms with E-state index in [-0.39, 0.29) is 5.56 Å². The maximum absolute atomic E-state index is 11.2. The van der Waals surface area contributed by atoms with E-state index in [0.29, 0.717) is 12.4 Å². The van der Waals surface area contributed by atoms with Crippen LogP contribution in [0.3, 0.4) is 0 Å². The predicted octanol–water partition coefficient (Wildman–Crippen LogP) is 2.16. The fraction of sp³-hybridized carbons (Fsp3) is 0.500. The smallest absolute Gasteiger partial charge is 0.339 e. The molecular formula is C14H19NO3. The third-order valence-corrected chi connectivity index (χ3v) is 3.37. The molecule has 0 aromatic heterocycles. The van der Waals surface area contributed by atoms with Gasteiger partial charge in [0, 0.05) is 13.1 Å². The number of fused-ring (bicyclic) bond motifs is 1. The number of carboxylic acids is 1. The topological polar surface area (TPSA) is 49.8 Å². The van der Waals surface area contributed by atoms with Crippen LogP contribution in [-0.2, 0) is 13.0 Å². The summed E-state index contributed by atoms with van der Waals surface area (Å²) in [5, 5.41) is 9.20. The molecule has 4 heteroatoms. The van der Waals surface area contributed by atoms with Gasteiger partial charge in [-0.15, -0.1) is 0 Å². The zero-order valence-electron chi connectivity index (χ0n) is 10.9. The second-order valence-electron chi connectivity index (χ2n) is 4.47. The highest BCUT2D eigenvalue weighted by Crippen LogP contribution is 2.28. The molecule has 1 aromatic carbocycles. The number of aromatic carboxylic acids is 1. The van der Waals surface area contributed by atoms with E-state index < -0.39 is 5.97 Å². The number of carbonyl (C=O) groups is 1. The maximum atomic E-state index is 11.2. The summed E-state index contributed by atoms with van der Waals surface area (Å²) in [6, 6.07) is 3.67. The lowest BCUT2D eigenvalue weighted by Crippen LogP contribution is -2.30. The van der Waals surface area contributed by atoms with Gasteiger partial charge in [0.05, 0.1) is 6.61 Å². The molecule has 0 saturated carbocycles. The lowest BCUT2D eigenvalue weighted by atomic mass is 9.96. The molecule has 0 unspecified atom stereocenters. The lowest BCUT2D eigenvalue weighted by Gasteiger charge is -2.28. The molecular weight excluding hydrogens is 230 g/mol. The Morgan fingerprint density at radius 1 is 1.39 bits per heavy atom. The minimum absolute atomic E-state index is 0.278. The molecule has 1 aliphatic rings. The van der Waals surface area contributed by atoms with Gasteiger partial charge in [-0.25, -0.2) is 4.79 Å². The monoisotopic (exact) mass is 249 g/mol. The van der Waals surface area contributed by atoms with Crippen LogP contribution in [0.15, 0.2) is 12.1 Å². The molecule has 0 aliphatic carbocycles. The first kappa shape index (κ1) is 12.9. The van der Waals surface area contributed by atoms with E-state index in [1.807, 2.05) is 13.0 Å². The van der Waals surface area contributed by atoms with Crippen LogP contribution in [0.25, 0.3) is 0 Å². The van der Waals surface area contributed by atoms with Crippen molar-refractivity contribution in [2.24, 2.45) is 0 Å². The van der Waals surface area contributed by atoms with Gasteiger partial charge < -0.3 is 9.84 Å². The van der Waals surface area contributed by atoms with Crippen molar-refractivity contribution in [3.8, 4) is 5.75 Å². The Hall–Kier alpha value is -1.55. The van der Waals surface area contributed by atoms with Crippen molar-refractivity contribution >= 4 is 5.97 Å². The standard InChI is InChI=1S/C14H19NO3/c1-3-15-6-5-10-7-12(14(16)17)13(18-4-2)8-11(10)9-15/h7-8H,3-6,9H2,1-2H3,(H,16,17). The highest BCUT2D eigenvalue weighted by Gasteiger charge is 2.20. The molecule has 0 spiro atoms. The normalized spacial score (nSPS) is 15.2. The van der Waals surface area contributed by atoms with Crippen LogP contribution in [0.5, 0.6) is 5.75 Å². The van der Waals surface area contributed by atoms with Crippen molar-refractivity contribution < 1.29 is 14.6 Å². The van der Waals surface area contributed by atoms with Gasteiger partial charge in [-0.1, -0.05) is 6.92 Å². The Balaban J connectivity index is 2.39. The first-order chi connectivity index (χ1) is 8.65. The molecule has 2 rings (SSSR count). The van der Waals surface area contributed by atoms with Crippen molar-refractivity contribution in [2.75, 3.05) is 19.7 Å². The molecule has 1 aliphatic heterocycles. The first-order valence-corrected chi connectivity index (χ1v) is 6.40. The summed E-state index contributed by atoms with van der Waals surface area (Å²) in [5.74, 6) is -0.430. The van der Waals surface area contributed by atoms with Crippen LogP contribution in [0.4, 0.5) is 0 Å². The van der Waals surface area contributed by atoms with E-state index in [1.54, 1.807) is 6.07 Å². The molecule has 1 heterocycles. The minimum atomic E-state index is -0.917. The molecule has 1 aromatic rings. The summed E-state index contributed by atoms with van der Waals surface area (Å²) in [4.78, 5) is 13.6. The number of nitrogens with zero attached hydrogens (tertiary/aromatic N) is 1. The molecule has 0 fully saturated rings. The fourth-order valence-corrected chi connectivity index (χ4v) is 2.36. The second kappa shape index (κ2) is 5.40. The van der Waals surface area contributed by atoms with Crippen LogP contribution in [-0.4, -0.2) is 35.7 Å². The molecule has 18 heavy (non-hydrogen) atoms. The molecule has 1 N–H and O–H groups in total. The van der Waals surface area contributed by atoms with Gasteiger partial charge in [-0.05, 0) is 43.1 Å². The quantitative estimate of drug-likeness (QED) is 0.888. The zero-order chi connectivity index (χ0) is 13.1. The number of carboxylic acid groups (broad SMARTS) is 1. The molecule has 0 bridgehead atoms. The summed E-state index contributed by atoms with van der Waals surface area (Å²) in [6.45, 7) is 7.38. The number of likely N-dealkylation sites (N-methyl/N-ethyl adjacent to an activating group) is 1. The molecule has 4 nitrogen and oxygen atoms in total. The SMILES string of the molecule is CCOc1cc2c(cc1C(=O)O)CCN(CC)C2. The van der Waals surface area contributed by atoms with E-state index >= 15 is 0 Å². The van der Waals surface area contributed by atoms with Crippen molar-refractivity contribution in [1.29, 1.82) is 0 Å². The largest absolute Gasteiger partial charge is 0.493 e. The Bertz CT molecular complexity index is 457. The Kier molecular flexibility index (Phi) is 3.87. The fourth-order valence-electron chi connectivity index (χ4n) is 2.36. The van der Waals surface area contributed by atoms with Gasteiger partial charge in [0.25, 0.3) is 0 Å². The number of hydrogen-bond acceptors (Lipinski definition) is 3. The summed E-state index contributed by atoms with van der Waals surface area (Å²) in [5.41, 5.74) is 2.61. The average molecular weight is 249 g/mol. The predicted molar refractivity (Wildman–Crippen MR) is 69.2 cm³/mol. The zero-order valence-corrected chi connectivity index (χ0v) is 10.9. The lowest BCUT2D eigenvalue weighted by molar-refractivity contribution is 0.0692. The molecule has 98 valence electrons. The van der Waals surface area contributed by atoms with Gasteiger partial charge >= 0.3 is 5.97 Å². The minimum Gasteiger partial charge on any atom is -0.493 e. The highest BCUT2D eigenvalue weighted by molar-refractivity contribution is 5.91. The Morgan fingerprint density at radius 2 is 2.17 bits per heavy atom. The van der Waals surface area contributed by atoms with Crippen molar-refractivity contribution in [3.05, 3.63) is 28.8 Å². The number of benzene rings is 1. The van der Waals surface area contributed by atoms with Crippen LogP contribution >= 0.6 is 0 Å². The van der Waals surface area contributed by atoms with Crippen molar-refractivity contribution in [1.82, 2.24) is 4.90 Å². The molecule has 0 amide bonds. The summed E-state index contributed by atoms with van der Waals surface area (Å²) < 4.78 is 5.43. The van der Waals surface area contributed by atoms with Gasteiger partial charge in [0.15, 0.2) is 0 Å². The first-order valence-electron chi connectivity index (χ1n) is 6.40. The van der Waals surface area contributed by atoms with E-state index in [1.165, 1.54) is 5.56 Å². The van der Waals surface area contributed by atoms with E-state index in [0.717, 1.165) is 31.6 Å². The number of rotatable bonds is 4. The highest BCUT2D eigenvalue weighted by atomic mass is 16.5. The maximum Gasteiger partial charge on any atom is 0.339 e. The summed E-state index contributed by atoms with van der Waals surface area (Å²) >= 11 is 0. The number of hydrogen-bond donors (Lipinski definition) is 1. The van der Waals surface area contributed by atoms with Crippen molar-refractivity contribution in [2.45, 2.75) is 26.8 Å². The van der Waals surface area contributed by atoms with Gasteiger partial charge in [-0.3, -0.25) is 4.90 Å². The van der Waals surface area contributed by atoms with Gasteiger partial charge in [0.1, 0.15) is 11.3 Å². The molecule has 0 radical (unpaired) electrons.